The maximum Gasteiger partial charge on any atom is 0.328 e. The van der Waals surface area contributed by atoms with Gasteiger partial charge >= 0.3 is 11.9 Å². The maximum absolute atomic E-state index is 12.2. The van der Waals surface area contributed by atoms with Gasteiger partial charge in [-0.15, -0.1) is 0 Å². The number of carbonyl (C=O) groups excluding carboxylic acids is 3. The van der Waals surface area contributed by atoms with E-state index in [2.05, 4.69) is 16.0 Å². The van der Waals surface area contributed by atoms with Gasteiger partial charge in [-0.1, -0.05) is 0 Å². The summed E-state index contributed by atoms with van der Waals surface area (Å²) in [4.78, 5) is 57.3. The normalized spacial score (nSPS) is 13.7. The van der Waals surface area contributed by atoms with Gasteiger partial charge in [-0.25, -0.2) is 4.79 Å². The minimum atomic E-state index is -1.51. The molecular weight excluding hydrogens is 396 g/mol. The fraction of sp³-hybridized carbons (Fsp3) is 0.667. The topological polar surface area (TPSA) is 208 Å². The molecule has 3 unspecified atom stereocenters. The quantitative estimate of drug-likeness (QED) is 0.152. The van der Waals surface area contributed by atoms with Gasteiger partial charge in [-0.3, -0.25) is 19.2 Å². The highest BCUT2D eigenvalue weighted by molar-refractivity contribution is 7.98. The van der Waals surface area contributed by atoms with Gasteiger partial charge in [-0.05, 0) is 24.9 Å². The van der Waals surface area contributed by atoms with E-state index >= 15 is 0 Å². The second-order valence-corrected chi connectivity index (χ2v) is 6.73. The predicted octanol–water partition coefficient (Wildman–Crippen LogP) is -2.91. The lowest BCUT2D eigenvalue weighted by Gasteiger charge is -2.20. The zero-order valence-electron chi connectivity index (χ0n) is 15.3. The summed E-state index contributed by atoms with van der Waals surface area (Å²) in [5.41, 5.74) is 5.51. The van der Waals surface area contributed by atoms with Crippen LogP contribution in [0.3, 0.4) is 0 Å². The lowest BCUT2D eigenvalue weighted by atomic mass is 10.1. The summed E-state index contributed by atoms with van der Waals surface area (Å²) in [5, 5.41) is 33.1. The number of rotatable bonds is 14. The summed E-state index contributed by atoms with van der Waals surface area (Å²) in [6, 6.07) is -3.67. The number of hydrogen-bond acceptors (Lipinski definition) is 8. The molecule has 0 fully saturated rings. The molecule has 3 amide bonds. The number of aliphatic carboxylic acids is 2. The summed E-state index contributed by atoms with van der Waals surface area (Å²) in [6.07, 6.45) is 1.58. The van der Waals surface area contributed by atoms with Crippen LogP contribution in [0.1, 0.15) is 19.3 Å². The highest BCUT2D eigenvalue weighted by Crippen LogP contribution is 2.02. The van der Waals surface area contributed by atoms with E-state index < -0.39 is 60.9 Å². The first-order valence-electron chi connectivity index (χ1n) is 8.29. The molecule has 0 aromatic carbocycles. The van der Waals surface area contributed by atoms with Crippen LogP contribution in [0.2, 0.25) is 0 Å². The minimum absolute atomic E-state index is 0.0979. The van der Waals surface area contributed by atoms with Gasteiger partial charge in [0.15, 0.2) is 0 Å². The number of nitrogens with two attached hydrogens (primary N) is 1. The van der Waals surface area contributed by atoms with Gasteiger partial charge in [0.1, 0.15) is 12.1 Å². The van der Waals surface area contributed by atoms with E-state index in [9.17, 15) is 24.0 Å². The number of hydrogen-bond donors (Lipinski definition) is 7. The largest absolute Gasteiger partial charge is 0.481 e. The molecule has 0 heterocycles. The van der Waals surface area contributed by atoms with Gasteiger partial charge in [0, 0.05) is 6.42 Å². The Hall–Kier alpha value is -2.38. The Kier molecular flexibility index (Phi) is 12.6. The third-order valence-corrected chi connectivity index (χ3v) is 4.13. The summed E-state index contributed by atoms with van der Waals surface area (Å²) >= 11 is 1.40. The molecule has 0 aliphatic heterocycles. The van der Waals surface area contributed by atoms with Crippen LogP contribution in [-0.2, 0) is 24.0 Å². The van der Waals surface area contributed by atoms with Crippen LogP contribution in [0.25, 0.3) is 0 Å². The molecule has 12 nitrogen and oxygen atoms in total. The molecule has 3 atom stereocenters. The summed E-state index contributed by atoms with van der Waals surface area (Å²) < 4.78 is 0. The van der Waals surface area contributed by atoms with E-state index in [1.165, 1.54) is 11.8 Å². The Balaban J connectivity index is 4.67. The van der Waals surface area contributed by atoms with Crippen LogP contribution in [-0.4, -0.2) is 88.3 Å². The first-order chi connectivity index (χ1) is 13.1. The van der Waals surface area contributed by atoms with E-state index in [0.29, 0.717) is 5.75 Å². The first-order valence-corrected chi connectivity index (χ1v) is 9.69. The Morgan fingerprint density at radius 1 is 1.00 bits per heavy atom. The molecule has 0 aromatic heterocycles. The number of aliphatic hydroxyl groups is 1. The molecule has 0 saturated heterocycles. The molecule has 0 aliphatic carbocycles. The fourth-order valence-electron chi connectivity index (χ4n) is 1.92. The van der Waals surface area contributed by atoms with Crippen LogP contribution < -0.4 is 21.7 Å². The van der Waals surface area contributed by atoms with Crippen LogP contribution >= 0.6 is 11.8 Å². The van der Waals surface area contributed by atoms with Crippen LogP contribution in [0.15, 0.2) is 0 Å². The average Bonchev–Trinajstić information content (AvgIpc) is 2.64. The molecule has 8 N–H and O–H groups in total. The van der Waals surface area contributed by atoms with Crippen molar-refractivity contribution in [2.24, 2.45) is 5.73 Å². The van der Waals surface area contributed by atoms with Crippen LogP contribution in [0.5, 0.6) is 0 Å². The molecule has 0 aromatic rings. The molecule has 0 aliphatic rings. The third-order valence-electron chi connectivity index (χ3n) is 3.49. The van der Waals surface area contributed by atoms with E-state index in [0.717, 1.165) is 0 Å². The summed E-state index contributed by atoms with van der Waals surface area (Å²) in [5.74, 6) is -4.25. The molecule has 160 valence electrons. The van der Waals surface area contributed by atoms with Crippen molar-refractivity contribution in [1.29, 1.82) is 0 Å². The van der Waals surface area contributed by atoms with Gasteiger partial charge in [0.2, 0.25) is 17.7 Å². The van der Waals surface area contributed by atoms with E-state index in [-0.39, 0.29) is 19.3 Å². The number of amides is 3. The zero-order valence-corrected chi connectivity index (χ0v) is 16.2. The average molecular weight is 422 g/mol. The van der Waals surface area contributed by atoms with Crippen molar-refractivity contribution in [3.8, 4) is 0 Å². The summed E-state index contributed by atoms with van der Waals surface area (Å²) in [7, 11) is 0. The number of nitrogens with one attached hydrogen (secondary N) is 3. The zero-order chi connectivity index (χ0) is 21.7. The van der Waals surface area contributed by atoms with Gasteiger partial charge in [0.05, 0.1) is 19.2 Å². The lowest BCUT2D eigenvalue weighted by molar-refractivity contribution is -0.143. The highest BCUT2D eigenvalue weighted by atomic mass is 32.2. The fourth-order valence-corrected chi connectivity index (χ4v) is 2.39. The van der Waals surface area contributed by atoms with Crippen LogP contribution in [0.4, 0.5) is 0 Å². The second kappa shape index (κ2) is 13.7. The van der Waals surface area contributed by atoms with Gasteiger partial charge in [-0.2, -0.15) is 11.8 Å². The SMILES string of the molecule is CSCCC(NC(=O)CNC(=O)C(N)CCC(=O)O)C(=O)NC(CO)C(=O)O. The van der Waals surface area contributed by atoms with Crippen molar-refractivity contribution in [3.63, 3.8) is 0 Å². The lowest BCUT2D eigenvalue weighted by Crippen LogP contribution is -2.54. The van der Waals surface area contributed by atoms with E-state index in [1.54, 1.807) is 6.26 Å². The number of carboxylic acids is 2. The van der Waals surface area contributed by atoms with Crippen molar-refractivity contribution in [2.45, 2.75) is 37.4 Å². The number of carbonyl (C=O) groups is 5. The Bertz CT molecular complexity index is 574. The standard InChI is InChI=1S/C15H26N4O8S/c1-28-5-4-9(14(25)19-10(7-20)15(26)27)18-11(21)6-17-13(24)8(16)2-3-12(22)23/h8-10,20H,2-7,16H2,1H3,(H,17,24)(H,18,21)(H,19,25)(H,22,23)(H,26,27). The van der Waals surface area contributed by atoms with Crippen molar-refractivity contribution >= 4 is 41.4 Å². The van der Waals surface area contributed by atoms with Crippen molar-refractivity contribution in [3.05, 3.63) is 0 Å². The number of carboxylic acid groups (broad SMARTS) is 2. The first kappa shape index (κ1) is 25.6. The smallest absolute Gasteiger partial charge is 0.328 e. The van der Waals surface area contributed by atoms with Crippen LogP contribution in [0, 0.1) is 0 Å². The molecular formula is C15H26N4O8S. The Morgan fingerprint density at radius 3 is 2.14 bits per heavy atom. The molecule has 0 saturated carbocycles. The molecule has 0 radical (unpaired) electrons. The molecule has 0 rings (SSSR count). The van der Waals surface area contributed by atoms with Crippen molar-refractivity contribution in [1.82, 2.24) is 16.0 Å². The van der Waals surface area contributed by atoms with E-state index in [1.807, 2.05) is 0 Å². The van der Waals surface area contributed by atoms with E-state index in [4.69, 9.17) is 21.1 Å². The van der Waals surface area contributed by atoms with Crippen molar-refractivity contribution < 1.29 is 39.3 Å². The predicted molar refractivity (Wildman–Crippen MR) is 99.4 cm³/mol. The van der Waals surface area contributed by atoms with Gasteiger partial charge in [0.25, 0.3) is 0 Å². The Morgan fingerprint density at radius 2 is 1.64 bits per heavy atom. The maximum atomic E-state index is 12.2. The highest BCUT2D eigenvalue weighted by Gasteiger charge is 2.26. The third kappa shape index (κ3) is 10.7. The summed E-state index contributed by atoms with van der Waals surface area (Å²) in [6.45, 7) is -1.31. The Labute approximate surface area is 165 Å². The minimum Gasteiger partial charge on any atom is -0.481 e. The molecule has 13 heteroatoms. The molecule has 0 bridgehead atoms. The van der Waals surface area contributed by atoms with Gasteiger partial charge < -0.3 is 37.0 Å². The molecule has 28 heavy (non-hydrogen) atoms. The number of aliphatic hydroxyl groups excluding tert-OH is 1. The monoisotopic (exact) mass is 422 g/mol. The number of thioether (sulfide) groups is 1. The second-order valence-electron chi connectivity index (χ2n) is 5.74. The molecule has 0 spiro atoms. The van der Waals surface area contributed by atoms with Crippen molar-refractivity contribution in [2.75, 3.05) is 25.2 Å².